The van der Waals surface area contributed by atoms with Gasteiger partial charge in [0.15, 0.2) is 5.58 Å². The number of nitrogens with one attached hydrogen (secondary N) is 1. The number of aromatic nitrogens is 1. The summed E-state index contributed by atoms with van der Waals surface area (Å²) in [5.41, 5.74) is 2.34. The van der Waals surface area contributed by atoms with Crippen molar-refractivity contribution in [2.75, 3.05) is 18.5 Å². The molecule has 148 valence electrons. The zero-order chi connectivity index (χ0) is 20.2. The quantitative estimate of drug-likeness (QED) is 0.284. The van der Waals surface area contributed by atoms with Crippen molar-refractivity contribution in [1.82, 2.24) is 4.98 Å². The lowest BCUT2D eigenvalue weighted by molar-refractivity contribution is -0.143. The number of para-hydroxylation sites is 2. The predicted molar refractivity (Wildman–Crippen MR) is 110 cm³/mol. The first-order chi connectivity index (χ1) is 14.1. The summed E-state index contributed by atoms with van der Waals surface area (Å²) in [6.45, 7) is 2.78. The van der Waals surface area contributed by atoms with Crippen LogP contribution < -0.4 is 10.9 Å². The van der Waals surface area contributed by atoms with Gasteiger partial charge < -0.3 is 18.9 Å². The van der Waals surface area contributed by atoms with E-state index >= 15 is 0 Å². The molecule has 0 amide bonds. The maximum atomic E-state index is 12.5. The van der Waals surface area contributed by atoms with E-state index in [1.165, 1.54) is 0 Å². The highest BCUT2D eigenvalue weighted by atomic mass is 16.5. The van der Waals surface area contributed by atoms with Crippen LogP contribution in [0.5, 0.6) is 0 Å². The fourth-order valence-corrected chi connectivity index (χ4v) is 3.06. The van der Waals surface area contributed by atoms with Crippen LogP contribution in [0.2, 0.25) is 0 Å². The van der Waals surface area contributed by atoms with Gasteiger partial charge in [0.25, 0.3) is 0 Å². The topological polar surface area (TPSA) is 94.6 Å². The maximum absolute atomic E-state index is 12.5. The fourth-order valence-electron chi connectivity index (χ4n) is 3.06. The Kier molecular flexibility index (Phi) is 5.29. The molecule has 0 atom stereocenters. The molecule has 0 radical (unpaired) electrons. The number of oxazole rings is 1. The van der Waals surface area contributed by atoms with Crippen LogP contribution in [0.1, 0.15) is 19.8 Å². The number of benzene rings is 2. The van der Waals surface area contributed by atoms with Crippen LogP contribution in [-0.4, -0.2) is 24.1 Å². The van der Waals surface area contributed by atoms with Crippen LogP contribution >= 0.6 is 0 Å². The third kappa shape index (κ3) is 4.13. The molecule has 7 heteroatoms. The molecule has 0 aliphatic heterocycles. The summed E-state index contributed by atoms with van der Waals surface area (Å²) in [5.74, 6) is 0.0357. The zero-order valence-electron chi connectivity index (χ0n) is 15.9. The number of hydrogen-bond donors (Lipinski definition) is 1. The molecule has 2 aromatic heterocycles. The second-order valence-corrected chi connectivity index (χ2v) is 6.52. The lowest BCUT2D eigenvalue weighted by Gasteiger charge is -2.07. The molecule has 0 aliphatic carbocycles. The number of carbonyl (C=O) groups is 1. The minimum absolute atomic E-state index is 0.203. The number of fused-ring (bicyclic) bond motifs is 2. The third-order valence-corrected chi connectivity index (χ3v) is 4.45. The smallest absolute Gasteiger partial charge is 0.349 e. The first kappa shape index (κ1) is 18.7. The average molecular weight is 392 g/mol. The average Bonchev–Trinajstić information content (AvgIpc) is 3.15. The molecule has 7 nitrogen and oxygen atoms in total. The summed E-state index contributed by atoms with van der Waals surface area (Å²) < 4.78 is 16.1. The molecule has 2 heterocycles. The number of carbonyl (C=O) groups excluding carboxylic acids is 1. The summed E-state index contributed by atoms with van der Waals surface area (Å²) in [7, 11) is 0. The molecule has 0 saturated carbocycles. The van der Waals surface area contributed by atoms with E-state index in [1.54, 1.807) is 25.1 Å². The van der Waals surface area contributed by atoms with Crippen molar-refractivity contribution in [1.29, 1.82) is 0 Å². The molecule has 0 spiro atoms. The molecule has 0 aliphatic rings. The van der Waals surface area contributed by atoms with Crippen LogP contribution in [0.3, 0.4) is 0 Å². The maximum Gasteiger partial charge on any atom is 0.349 e. The van der Waals surface area contributed by atoms with E-state index in [4.69, 9.17) is 13.6 Å². The monoisotopic (exact) mass is 392 g/mol. The summed E-state index contributed by atoms with van der Waals surface area (Å²) in [6.07, 6.45) is 1.01. The fraction of sp³-hybridized carbons (Fsp3) is 0.227. The Morgan fingerprint density at radius 2 is 1.97 bits per heavy atom. The van der Waals surface area contributed by atoms with Gasteiger partial charge in [-0.1, -0.05) is 12.1 Å². The molecular formula is C22H20N2O5. The number of esters is 1. The molecule has 1 N–H and O–H groups in total. The number of anilines is 1. The SMILES string of the molecule is CCOC(=O)CCCNc1ccc2cc(-c3nc4ccccc4o3)c(=O)oc2c1. The van der Waals surface area contributed by atoms with E-state index < -0.39 is 5.63 Å². The Morgan fingerprint density at radius 1 is 1.10 bits per heavy atom. The lowest BCUT2D eigenvalue weighted by Crippen LogP contribution is -2.08. The molecule has 0 bridgehead atoms. The first-order valence-corrected chi connectivity index (χ1v) is 9.47. The molecule has 0 saturated heterocycles. The number of hydrogen-bond acceptors (Lipinski definition) is 7. The van der Waals surface area contributed by atoms with Crippen LogP contribution in [0.25, 0.3) is 33.5 Å². The number of nitrogens with zero attached hydrogens (tertiary/aromatic N) is 1. The molecule has 4 aromatic rings. The minimum atomic E-state index is -0.511. The Labute approximate surface area is 166 Å². The highest BCUT2D eigenvalue weighted by Crippen LogP contribution is 2.25. The normalized spacial score (nSPS) is 11.1. The highest BCUT2D eigenvalue weighted by Gasteiger charge is 2.14. The van der Waals surface area contributed by atoms with Gasteiger partial charge in [-0.2, -0.15) is 0 Å². The van der Waals surface area contributed by atoms with Gasteiger partial charge in [0.05, 0.1) is 6.61 Å². The Bertz CT molecular complexity index is 1190. The molecule has 29 heavy (non-hydrogen) atoms. The Hall–Kier alpha value is -3.61. The van der Waals surface area contributed by atoms with Gasteiger partial charge in [-0.25, -0.2) is 9.78 Å². The van der Waals surface area contributed by atoms with E-state index in [9.17, 15) is 9.59 Å². The molecule has 4 rings (SSSR count). The first-order valence-electron chi connectivity index (χ1n) is 9.47. The van der Waals surface area contributed by atoms with Gasteiger partial charge in [0, 0.05) is 30.1 Å². The second kappa shape index (κ2) is 8.18. The van der Waals surface area contributed by atoms with Gasteiger partial charge in [0.2, 0.25) is 5.89 Å². The molecule has 0 fully saturated rings. The lowest BCUT2D eigenvalue weighted by atomic mass is 10.1. The second-order valence-electron chi connectivity index (χ2n) is 6.52. The molecule has 2 aromatic carbocycles. The summed E-state index contributed by atoms with van der Waals surface area (Å²) in [5, 5.41) is 3.98. The van der Waals surface area contributed by atoms with Gasteiger partial charge in [0.1, 0.15) is 16.7 Å². The van der Waals surface area contributed by atoms with Gasteiger partial charge in [-0.05, 0) is 43.7 Å². The van der Waals surface area contributed by atoms with Crippen molar-refractivity contribution in [3.05, 3.63) is 59.0 Å². The molecular weight excluding hydrogens is 372 g/mol. The predicted octanol–water partition coefficient (Wildman–Crippen LogP) is 4.36. The van der Waals surface area contributed by atoms with Gasteiger partial charge in [-0.15, -0.1) is 0 Å². The summed E-state index contributed by atoms with van der Waals surface area (Å²) >= 11 is 0. The number of rotatable bonds is 7. The van der Waals surface area contributed by atoms with Crippen molar-refractivity contribution in [2.45, 2.75) is 19.8 Å². The summed E-state index contributed by atoms with van der Waals surface area (Å²) in [6, 6.07) is 14.6. The van der Waals surface area contributed by atoms with Crippen molar-refractivity contribution in [3.8, 4) is 11.5 Å². The van der Waals surface area contributed by atoms with Gasteiger partial charge in [-0.3, -0.25) is 4.79 Å². The molecule has 0 unspecified atom stereocenters. The zero-order valence-corrected chi connectivity index (χ0v) is 15.9. The minimum Gasteiger partial charge on any atom is -0.466 e. The third-order valence-electron chi connectivity index (χ3n) is 4.45. The highest BCUT2D eigenvalue weighted by molar-refractivity contribution is 5.84. The van der Waals surface area contributed by atoms with E-state index in [-0.39, 0.29) is 17.4 Å². The van der Waals surface area contributed by atoms with E-state index in [1.807, 2.05) is 30.3 Å². The van der Waals surface area contributed by atoms with Crippen LogP contribution in [0.15, 0.2) is 62.2 Å². The van der Waals surface area contributed by atoms with Crippen molar-refractivity contribution in [2.24, 2.45) is 0 Å². The largest absolute Gasteiger partial charge is 0.466 e. The van der Waals surface area contributed by atoms with Crippen molar-refractivity contribution in [3.63, 3.8) is 0 Å². The van der Waals surface area contributed by atoms with E-state index in [0.717, 1.165) is 11.1 Å². The van der Waals surface area contributed by atoms with Gasteiger partial charge >= 0.3 is 11.6 Å². The van der Waals surface area contributed by atoms with Crippen molar-refractivity contribution < 1.29 is 18.4 Å². The summed E-state index contributed by atoms with van der Waals surface area (Å²) in [4.78, 5) is 28.2. The van der Waals surface area contributed by atoms with Crippen LogP contribution in [-0.2, 0) is 9.53 Å². The van der Waals surface area contributed by atoms with E-state index in [2.05, 4.69) is 10.3 Å². The standard InChI is InChI=1S/C22H20N2O5/c1-2-27-20(25)8-5-11-23-15-10-9-14-12-16(22(26)29-19(14)13-15)21-24-17-6-3-4-7-18(17)28-21/h3-4,6-7,9-10,12-13,23H,2,5,8,11H2,1H3. The Morgan fingerprint density at radius 3 is 2.79 bits per heavy atom. The van der Waals surface area contributed by atoms with Crippen LogP contribution in [0, 0.1) is 0 Å². The Balaban J connectivity index is 1.52. The van der Waals surface area contributed by atoms with E-state index in [0.29, 0.717) is 42.7 Å². The number of ether oxygens (including phenoxy) is 1. The van der Waals surface area contributed by atoms with Crippen LogP contribution in [0.4, 0.5) is 5.69 Å². The van der Waals surface area contributed by atoms with Crippen molar-refractivity contribution >= 4 is 33.7 Å².